The summed E-state index contributed by atoms with van der Waals surface area (Å²) in [7, 11) is 0. The van der Waals surface area contributed by atoms with Gasteiger partial charge in [-0.2, -0.15) is 0 Å². The van der Waals surface area contributed by atoms with E-state index in [1.54, 1.807) is 0 Å². The predicted molar refractivity (Wildman–Crippen MR) is 114 cm³/mol. The van der Waals surface area contributed by atoms with Crippen LogP contribution in [0.15, 0.2) is 78.9 Å². The quantitative estimate of drug-likeness (QED) is 0.590. The lowest BCUT2D eigenvalue weighted by Gasteiger charge is -2.21. The minimum atomic E-state index is -1.24. The molecule has 1 aliphatic rings. The van der Waals surface area contributed by atoms with E-state index >= 15 is 0 Å². The summed E-state index contributed by atoms with van der Waals surface area (Å²) in [6.07, 6.45) is 0.168. The molecular weight excluding hydrogens is 378 g/mol. The molecule has 0 aromatic heterocycles. The highest BCUT2D eigenvalue weighted by atomic mass is 16.5. The van der Waals surface area contributed by atoms with Gasteiger partial charge >= 0.3 is 11.9 Å². The smallest absolute Gasteiger partial charge is 0.323 e. The van der Waals surface area contributed by atoms with Crippen molar-refractivity contribution < 1.29 is 19.4 Å². The van der Waals surface area contributed by atoms with E-state index in [4.69, 9.17) is 10.5 Å². The lowest BCUT2D eigenvalue weighted by molar-refractivity contribution is -0.153. The summed E-state index contributed by atoms with van der Waals surface area (Å²) >= 11 is 0. The number of benzene rings is 3. The fourth-order valence-electron chi connectivity index (χ4n) is 4.10. The highest BCUT2D eigenvalue weighted by molar-refractivity contribution is 5.84. The molecule has 1 aliphatic carbocycles. The third kappa shape index (κ3) is 3.84. The monoisotopic (exact) mass is 401 g/mol. The van der Waals surface area contributed by atoms with E-state index in [2.05, 4.69) is 12.1 Å². The Balaban J connectivity index is 1.48. The molecule has 3 aromatic carbocycles. The second-order valence-electron chi connectivity index (χ2n) is 7.52. The van der Waals surface area contributed by atoms with E-state index in [9.17, 15) is 14.7 Å². The molecule has 0 bridgehead atoms. The van der Waals surface area contributed by atoms with Crippen molar-refractivity contribution in [2.45, 2.75) is 18.4 Å². The number of carbonyl (C=O) groups is 2. The predicted octanol–water partition coefficient (Wildman–Crippen LogP) is 3.61. The van der Waals surface area contributed by atoms with Crippen LogP contribution in [-0.2, 0) is 20.7 Å². The van der Waals surface area contributed by atoms with Crippen LogP contribution in [0.3, 0.4) is 0 Å². The number of carbonyl (C=O) groups excluding carboxylic acids is 1. The molecule has 0 heterocycles. The van der Waals surface area contributed by atoms with Gasteiger partial charge in [-0.05, 0) is 34.2 Å². The Hall–Kier alpha value is -3.44. The van der Waals surface area contributed by atoms with Gasteiger partial charge in [0.15, 0.2) is 0 Å². The summed E-state index contributed by atoms with van der Waals surface area (Å²) < 4.78 is 5.54. The number of hydrogen-bond donors (Lipinski definition) is 2. The minimum Gasteiger partial charge on any atom is -0.481 e. The van der Waals surface area contributed by atoms with Crippen LogP contribution in [0, 0.1) is 5.92 Å². The topological polar surface area (TPSA) is 89.6 Å². The number of nitrogens with two attached hydrogens (primary N) is 1. The Morgan fingerprint density at radius 2 is 1.40 bits per heavy atom. The van der Waals surface area contributed by atoms with Gasteiger partial charge in [0.2, 0.25) is 0 Å². The van der Waals surface area contributed by atoms with Crippen molar-refractivity contribution in [2.24, 2.45) is 11.7 Å². The molecule has 0 saturated carbocycles. The number of rotatable bonds is 7. The zero-order valence-electron chi connectivity index (χ0n) is 16.4. The minimum absolute atomic E-state index is 0.0917. The van der Waals surface area contributed by atoms with Crippen molar-refractivity contribution in [1.82, 2.24) is 0 Å². The molecule has 3 aromatic rings. The van der Waals surface area contributed by atoms with Crippen molar-refractivity contribution in [3.05, 3.63) is 95.6 Å². The van der Waals surface area contributed by atoms with E-state index in [1.807, 2.05) is 66.7 Å². The van der Waals surface area contributed by atoms with Gasteiger partial charge in [0, 0.05) is 5.92 Å². The third-order valence-corrected chi connectivity index (χ3v) is 5.68. The van der Waals surface area contributed by atoms with Crippen LogP contribution in [0.25, 0.3) is 11.1 Å². The molecule has 4 rings (SSSR count). The summed E-state index contributed by atoms with van der Waals surface area (Å²) in [5, 5.41) is 9.61. The van der Waals surface area contributed by atoms with Crippen LogP contribution in [0.4, 0.5) is 0 Å². The van der Waals surface area contributed by atoms with E-state index < -0.39 is 23.9 Å². The largest absolute Gasteiger partial charge is 0.481 e. The first-order valence-corrected chi connectivity index (χ1v) is 9.93. The molecule has 5 heteroatoms. The number of carboxylic acids is 1. The van der Waals surface area contributed by atoms with Gasteiger partial charge in [0.25, 0.3) is 0 Å². The Morgan fingerprint density at radius 1 is 0.867 bits per heavy atom. The number of fused-ring (bicyclic) bond motifs is 3. The Morgan fingerprint density at radius 3 is 1.97 bits per heavy atom. The maximum Gasteiger partial charge on any atom is 0.323 e. The van der Waals surface area contributed by atoms with Gasteiger partial charge in [-0.1, -0.05) is 78.9 Å². The maximum atomic E-state index is 12.6. The molecule has 152 valence electrons. The summed E-state index contributed by atoms with van der Waals surface area (Å²) in [5.41, 5.74) is 11.3. The molecule has 30 heavy (non-hydrogen) atoms. The van der Waals surface area contributed by atoms with Gasteiger partial charge < -0.3 is 15.6 Å². The molecule has 2 atom stereocenters. The lowest BCUT2D eigenvalue weighted by Crippen LogP contribution is -2.44. The molecule has 1 unspecified atom stereocenters. The molecular formula is C25H23NO4. The molecule has 5 nitrogen and oxygen atoms in total. The van der Waals surface area contributed by atoms with Crippen molar-refractivity contribution >= 4 is 11.9 Å². The van der Waals surface area contributed by atoms with Crippen molar-refractivity contribution in [1.29, 1.82) is 0 Å². The number of esters is 1. The SMILES string of the molecule is N[C@H](C(=O)OCC1c2ccccc2-c2ccccc21)C(Cc1ccccc1)C(=O)O. The summed E-state index contributed by atoms with van der Waals surface area (Å²) in [6, 6.07) is 24.0. The van der Waals surface area contributed by atoms with Gasteiger partial charge in [0.1, 0.15) is 12.6 Å². The van der Waals surface area contributed by atoms with E-state index in [0.717, 1.165) is 27.8 Å². The number of aliphatic carboxylic acids is 1. The van der Waals surface area contributed by atoms with E-state index in [-0.39, 0.29) is 18.9 Å². The summed E-state index contributed by atoms with van der Waals surface area (Å²) in [4.78, 5) is 24.4. The summed E-state index contributed by atoms with van der Waals surface area (Å²) in [6.45, 7) is 0.123. The number of carboxylic acid groups (broad SMARTS) is 1. The van der Waals surface area contributed by atoms with Crippen LogP contribution in [0.2, 0.25) is 0 Å². The zero-order valence-corrected chi connectivity index (χ0v) is 16.4. The van der Waals surface area contributed by atoms with Crippen LogP contribution < -0.4 is 5.73 Å². The van der Waals surface area contributed by atoms with Crippen molar-refractivity contribution in [2.75, 3.05) is 6.61 Å². The first-order chi connectivity index (χ1) is 14.6. The van der Waals surface area contributed by atoms with Crippen LogP contribution in [0.1, 0.15) is 22.6 Å². The van der Waals surface area contributed by atoms with Crippen LogP contribution in [0.5, 0.6) is 0 Å². The molecule has 0 aliphatic heterocycles. The van der Waals surface area contributed by atoms with Gasteiger partial charge in [-0.3, -0.25) is 9.59 Å². The second kappa shape index (κ2) is 8.51. The highest BCUT2D eigenvalue weighted by Crippen LogP contribution is 2.44. The number of hydrogen-bond acceptors (Lipinski definition) is 4. The fourth-order valence-corrected chi connectivity index (χ4v) is 4.10. The molecule has 0 radical (unpaired) electrons. The fraction of sp³-hybridized carbons (Fsp3) is 0.200. The van der Waals surface area contributed by atoms with E-state index in [1.165, 1.54) is 0 Å². The Kier molecular flexibility index (Phi) is 5.63. The molecule has 0 spiro atoms. The zero-order chi connectivity index (χ0) is 21.1. The normalized spacial score (nSPS) is 14.4. The molecule has 0 amide bonds. The van der Waals surface area contributed by atoms with E-state index in [0.29, 0.717) is 0 Å². The van der Waals surface area contributed by atoms with Gasteiger partial charge in [-0.15, -0.1) is 0 Å². The maximum absolute atomic E-state index is 12.6. The molecule has 0 saturated heterocycles. The average molecular weight is 401 g/mol. The first-order valence-electron chi connectivity index (χ1n) is 9.93. The van der Waals surface area contributed by atoms with Gasteiger partial charge in [0.05, 0.1) is 5.92 Å². The van der Waals surface area contributed by atoms with Crippen LogP contribution in [-0.4, -0.2) is 29.7 Å². The Bertz CT molecular complexity index is 1020. The van der Waals surface area contributed by atoms with Crippen molar-refractivity contribution in [3.8, 4) is 11.1 Å². The molecule has 3 N–H and O–H groups in total. The highest BCUT2D eigenvalue weighted by Gasteiger charge is 2.34. The summed E-state index contributed by atoms with van der Waals surface area (Å²) in [5.74, 6) is -2.95. The third-order valence-electron chi connectivity index (χ3n) is 5.68. The van der Waals surface area contributed by atoms with Gasteiger partial charge in [-0.25, -0.2) is 0 Å². The Labute approximate surface area is 175 Å². The average Bonchev–Trinajstić information content (AvgIpc) is 3.09. The second-order valence-corrected chi connectivity index (χ2v) is 7.52. The van der Waals surface area contributed by atoms with Crippen LogP contribution >= 0.6 is 0 Å². The lowest BCUT2D eigenvalue weighted by atomic mass is 9.92. The number of ether oxygens (including phenoxy) is 1. The molecule has 0 fully saturated rings. The first kappa shape index (κ1) is 19.9. The standard InChI is InChI=1S/C25H23NO4/c26-23(21(24(27)28)14-16-8-2-1-3-9-16)25(29)30-15-22-19-12-6-4-10-17(19)18-11-5-7-13-20(18)22/h1-13,21-23H,14-15,26H2,(H,27,28)/t21?,23-/m0/s1. The van der Waals surface area contributed by atoms with Crippen molar-refractivity contribution in [3.63, 3.8) is 0 Å².